The Hall–Kier alpha value is -1.76. The van der Waals surface area contributed by atoms with Crippen LogP contribution in [0.25, 0.3) is 0 Å². The largest absolute Gasteiger partial charge is 0.507 e. The third-order valence-corrected chi connectivity index (χ3v) is 1.64. The molecule has 0 spiro atoms. The molecule has 68 valence electrons. The first-order valence-corrected chi connectivity index (χ1v) is 3.61. The van der Waals surface area contributed by atoms with Crippen LogP contribution in [0.4, 0.5) is 4.39 Å². The summed E-state index contributed by atoms with van der Waals surface area (Å²) in [5.74, 6) is -0.645. The minimum Gasteiger partial charge on any atom is -0.507 e. The van der Waals surface area contributed by atoms with Crippen LogP contribution in [0.1, 0.15) is 5.56 Å². The molecular formula is C9H8FNO2. The molecule has 3 nitrogen and oxygen atoms in total. The molecule has 0 atom stereocenters. The zero-order valence-electron chi connectivity index (χ0n) is 7.04. The van der Waals surface area contributed by atoms with E-state index in [9.17, 15) is 9.50 Å². The number of aromatic hydroxyl groups is 1. The van der Waals surface area contributed by atoms with Crippen LogP contribution in [-0.4, -0.2) is 12.2 Å². The Morgan fingerprint density at radius 2 is 2.31 bits per heavy atom. The molecule has 1 aromatic carbocycles. The van der Waals surface area contributed by atoms with E-state index in [4.69, 9.17) is 10.00 Å². The van der Waals surface area contributed by atoms with Gasteiger partial charge in [0, 0.05) is 17.7 Å². The molecule has 1 rings (SSSR count). The van der Waals surface area contributed by atoms with Gasteiger partial charge < -0.3 is 9.84 Å². The number of phenols is 1. The highest BCUT2D eigenvalue weighted by molar-refractivity contribution is 5.42. The van der Waals surface area contributed by atoms with Crippen LogP contribution in [0.2, 0.25) is 0 Å². The summed E-state index contributed by atoms with van der Waals surface area (Å²) in [7, 11) is 1.37. The van der Waals surface area contributed by atoms with E-state index in [0.29, 0.717) is 0 Å². The summed E-state index contributed by atoms with van der Waals surface area (Å²) < 4.78 is 17.8. The van der Waals surface area contributed by atoms with Gasteiger partial charge in [0.2, 0.25) is 0 Å². The zero-order chi connectivity index (χ0) is 9.84. The van der Waals surface area contributed by atoms with Crippen LogP contribution in [0.15, 0.2) is 12.1 Å². The average molecular weight is 181 g/mol. The molecule has 0 aromatic heterocycles. The Balaban J connectivity index is 3.16. The molecule has 4 heteroatoms. The van der Waals surface area contributed by atoms with Crippen LogP contribution >= 0.6 is 0 Å². The summed E-state index contributed by atoms with van der Waals surface area (Å²) in [6.45, 7) is 0. The lowest BCUT2D eigenvalue weighted by Gasteiger charge is -2.05. The van der Waals surface area contributed by atoms with Crippen LogP contribution in [0, 0.1) is 17.1 Å². The van der Waals surface area contributed by atoms with E-state index in [0.717, 1.165) is 6.07 Å². The van der Waals surface area contributed by atoms with Crippen LogP contribution in [0.5, 0.6) is 11.5 Å². The van der Waals surface area contributed by atoms with Crippen molar-refractivity contribution in [2.24, 2.45) is 0 Å². The van der Waals surface area contributed by atoms with Crippen LogP contribution < -0.4 is 4.74 Å². The van der Waals surface area contributed by atoms with E-state index in [-0.39, 0.29) is 23.5 Å². The maximum absolute atomic E-state index is 13.1. The summed E-state index contributed by atoms with van der Waals surface area (Å²) in [4.78, 5) is 0. The number of nitriles is 1. The molecule has 0 radical (unpaired) electrons. The Kier molecular flexibility index (Phi) is 2.70. The topological polar surface area (TPSA) is 53.2 Å². The second kappa shape index (κ2) is 3.76. The molecule has 13 heavy (non-hydrogen) atoms. The number of hydrogen-bond acceptors (Lipinski definition) is 3. The molecule has 0 bridgehead atoms. The molecule has 0 aliphatic rings. The second-order valence-corrected chi connectivity index (χ2v) is 2.44. The van der Waals surface area contributed by atoms with Gasteiger partial charge in [0.25, 0.3) is 0 Å². The Morgan fingerprint density at radius 3 is 2.77 bits per heavy atom. The van der Waals surface area contributed by atoms with Crippen molar-refractivity contribution in [1.29, 1.82) is 5.26 Å². The van der Waals surface area contributed by atoms with Gasteiger partial charge in [0.05, 0.1) is 19.6 Å². The predicted octanol–water partition coefficient (Wildman–Crippen LogP) is 1.61. The normalized spacial score (nSPS) is 9.31. The highest BCUT2D eigenvalue weighted by atomic mass is 19.1. The SMILES string of the molecule is COc1cc(O)c(CC#N)c(F)c1. The van der Waals surface area contributed by atoms with Gasteiger partial charge in [-0.1, -0.05) is 0 Å². The monoisotopic (exact) mass is 181 g/mol. The van der Waals surface area contributed by atoms with Crippen LogP contribution in [-0.2, 0) is 6.42 Å². The second-order valence-electron chi connectivity index (χ2n) is 2.44. The van der Waals surface area contributed by atoms with E-state index in [1.165, 1.54) is 13.2 Å². The number of phenolic OH excluding ortho intramolecular Hbond substituents is 1. The maximum atomic E-state index is 13.1. The van der Waals surface area contributed by atoms with Crippen molar-refractivity contribution in [2.75, 3.05) is 7.11 Å². The quantitative estimate of drug-likeness (QED) is 0.754. The smallest absolute Gasteiger partial charge is 0.134 e. The number of nitrogens with zero attached hydrogens (tertiary/aromatic N) is 1. The van der Waals surface area contributed by atoms with E-state index < -0.39 is 5.82 Å². The van der Waals surface area contributed by atoms with Crippen LogP contribution in [0.3, 0.4) is 0 Å². The maximum Gasteiger partial charge on any atom is 0.134 e. The fraction of sp³-hybridized carbons (Fsp3) is 0.222. The molecule has 1 N–H and O–H groups in total. The van der Waals surface area contributed by atoms with E-state index in [1.54, 1.807) is 6.07 Å². The first-order valence-electron chi connectivity index (χ1n) is 3.61. The lowest BCUT2D eigenvalue weighted by atomic mass is 10.1. The number of halogens is 1. The molecule has 0 amide bonds. The zero-order valence-corrected chi connectivity index (χ0v) is 7.04. The van der Waals surface area contributed by atoms with Crippen molar-refractivity contribution in [3.05, 3.63) is 23.5 Å². The van der Waals surface area contributed by atoms with Crippen molar-refractivity contribution in [3.63, 3.8) is 0 Å². The van der Waals surface area contributed by atoms with Crippen molar-refractivity contribution in [3.8, 4) is 17.6 Å². The molecule has 0 heterocycles. The van der Waals surface area contributed by atoms with Crippen molar-refractivity contribution in [1.82, 2.24) is 0 Å². The first-order chi connectivity index (χ1) is 6.19. The average Bonchev–Trinajstić information content (AvgIpc) is 2.11. The predicted molar refractivity (Wildman–Crippen MR) is 43.9 cm³/mol. The van der Waals surface area contributed by atoms with E-state index in [1.807, 2.05) is 0 Å². The van der Waals surface area contributed by atoms with Crippen molar-refractivity contribution < 1.29 is 14.2 Å². The van der Waals surface area contributed by atoms with Gasteiger partial charge in [0.1, 0.15) is 17.3 Å². The Morgan fingerprint density at radius 1 is 1.62 bits per heavy atom. The summed E-state index contributed by atoms with van der Waals surface area (Å²) in [5, 5.41) is 17.6. The molecule has 0 saturated heterocycles. The minimum atomic E-state index is -0.626. The fourth-order valence-corrected chi connectivity index (χ4v) is 0.970. The number of rotatable bonds is 2. The van der Waals surface area contributed by atoms with Gasteiger partial charge in [-0.3, -0.25) is 0 Å². The van der Waals surface area contributed by atoms with Gasteiger partial charge >= 0.3 is 0 Å². The molecule has 0 aliphatic carbocycles. The van der Waals surface area contributed by atoms with E-state index >= 15 is 0 Å². The van der Waals surface area contributed by atoms with Gasteiger partial charge in [-0.2, -0.15) is 5.26 Å². The minimum absolute atomic E-state index is 0.00306. The highest BCUT2D eigenvalue weighted by Gasteiger charge is 2.09. The van der Waals surface area contributed by atoms with E-state index in [2.05, 4.69) is 0 Å². The molecule has 0 saturated carbocycles. The Labute approximate surface area is 75.0 Å². The molecule has 0 fully saturated rings. The molecule has 0 aliphatic heterocycles. The van der Waals surface area contributed by atoms with Gasteiger partial charge in [-0.15, -0.1) is 0 Å². The van der Waals surface area contributed by atoms with Gasteiger partial charge in [0.15, 0.2) is 0 Å². The standard InChI is InChI=1S/C9H8FNO2/c1-13-6-4-8(10)7(2-3-11)9(12)5-6/h4-5,12H,2H2,1H3. The lowest BCUT2D eigenvalue weighted by Crippen LogP contribution is -1.92. The Bertz CT molecular complexity index is 334. The van der Waals surface area contributed by atoms with Gasteiger partial charge in [-0.25, -0.2) is 4.39 Å². The van der Waals surface area contributed by atoms with Crippen molar-refractivity contribution >= 4 is 0 Å². The third-order valence-electron chi connectivity index (χ3n) is 1.64. The van der Waals surface area contributed by atoms with Crippen molar-refractivity contribution in [2.45, 2.75) is 6.42 Å². The molecule has 0 unspecified atom stereocenters. The van der Waals surface area contributed by atoms with Gasteiger partial charge in [-0.05, 0) is 0 Å². The highest BCUT2D eigenvalue weighted by Crippen LogP contribution is 2.26. The number of ether oxygens (including phenoxy) is 1. The molecule has 1 aromatic rings. The number of hydrogen-bond donors (Lipinski definition) is 1. The fourth-order valence-electron chi connectivity index (χ4n) is 0.970. The summed E-state index contributed by atoms with van der Waals surface area (Å²) in [6, 6.07) is 4.17. The first kappa shape index (κ1) is 9.33. The third kappa shape index (κ3) is 1.88. The number of benzene rings is 1. The number of methoxy groups -OCH3 is 1. The summed E-state index contributed by atoms with van der Waals surface area (Å²) >= 11 is 0. The summed E-state index contributed by atoms with van der Waals surface area (Å²) in [5.41, 5.74) is 0.00306. The molecular weight excluding hydrogens is 173 g/mol. The lowest BCUT2D eigenvalue weighted by molar-refractivity contribution is 0.400. The summed E-state index contributed by atoms with van der Waals surface area (Å²) in [6.07, 6.45) is -0.151.